The van der Waals surface area contributed by atoms with Gasteiger partial charge >= 0.3 is 21.0 Å². The molecule has 0 spiro atoms. The predicted molar refractivity (Wildman–Crippen MR) is 158 cm³/mol. The Hall–Kier alpha value is -4.02. The number of aliphatic hydroxyl groups excluding tert-OH is 2. The fourth-order valence-electron chi connectivity index (χ4n) is 5.04. The molecule has 3 aromatic heterocycles. The average Bonchev–Trinajstić information content (AvgIpc) is 3.73. The quantitative estimate of drug-likeness (QED) is 0.0798. The zero-order chi connectivity index (χ0) is 31.9. The summed E-state index contributed by atoms with van der Waals surface area (Å²) in [5.74, 6) is -0.197. The third-order valence-corrected chi connectivity index (χ3v) is 10.6. The van der Waals surface area contributed by atoms with Crippen LogP contribution in [0.3, 0.4) is 0 Å². The number of nitrogens with two attached hydrogens (primary N) is 1. The molecule has 19 heteroatoms. The van der Waals surface area contributed by atoms with Gasteiger partial charge in [0.05, 0.1) is 6.61 Å². The Balaban J connectivity index is 1.23. The first kappa shape index (κ1) is 31.0. The molecular weight excluding hydrogens is 630 g/mol. The third kappa shape index (κ3) is 6.39. The number of anilines is 1. The molecule has 6 atom stereocenters. The van der Waals surface area contributed by atoms with Gasteiger partial charge in [-0.3, -0.25) is 18.6 Å². The fraction of sp³-hybridized carbons (Fsp3) is 0.231. The molecule has 0 amide bonds. The molecule has 1 fully saturated rings. The molecule has 236 valence electrons. The Bertz CT molecular complexity index is 1970. The van der Waals surface area contributed by atoms with Gasteiger partial charge in [-0.1, -0.05) is 54.6 Å². The first-order valence-electron chi connectivity index (χ1n) is 13.5. The number of aliphatic hydroxyl groups is 2. The van der Waals surface area contributed by atoms with Crippen molar-refractivity contribution in [1.82, 2.24) is 28.7 Å². The lowest BCUT2D eigenvalue weighted by Crippen LogP contribution is -2.37. The van der Waals surface area contributed by atoms with Gasteiger partial charge in [0.25, 0.3) is 11.2 Å². The zero-order valence-corrected chi connectivity index (χ0v) is 25.1. The second-order valence-electron chi connectivity index (χ2n) is 10.3. The van der Waals surface area contributed by atoms with E-state index in [1.54, 1.807) is 9.42 Å². The number of imidazole rings is 2. The van der Waals surface area contributed by atoms with Crippen molar-refractivity contribution in [3.63, 3.8) is 0 Å². The van der Waals surface area contributed by atoms with Gasteiger partial charge in [0.1, 0.15) is 31.2 Å². The van der Waals surface area contributed by atoms with Crippen molar-refractivity contribution in [3.8, 4) is 11.1 Å². The highest BCUT2D eigenvalue weighted by molar-refractivity contribution is 7.68. The summed E-state index contributed by atoms with van der Waals surface area (Å²) in [6.45, 7) is -0.537. The number of aromatic nitrogens is 6. The number of hydrogen-bond acceptors (Lipinski definition) is 10. The van der Waals surface area contributed by atoms with E-state index in [-0.39, 0.29) is 23.7 Å². The second kappa shape index (κ2) is 12.1. The number of nitrogens with one attached hydrogen (secondary N) is 2. The Labute approximate surface area is 254 Å². The van der Waals surface area contributed by atoms with Crippen molar-refractivity contribution in [2.75, 3.05) is 12.3 Å². The maximum absolute atomic E-state index is 13.0. The average molecular weight is 660 g/mol. The van der Waals surface area contributed by atoms with E-state index in [0.29, 0.717) is 4.34 Å². The van der Waals surface area contributed by atoms with Gasteiger partial charge < -0.3 is 30.5 Å². The zero-order valence-electron chi connectivity index (χ0n) is 23.3. The fourth-order valence-corrected chi connectivity index (χ4v) is 7.79. The van der Waals surface area contributed by atoms with Crippen molar-refractivity contribution in [2.24, 2.45) is 0 Å². The predicted octanol–water partition coefficient (Wildman–Crippen LogP) is 0.481. The summed E-state index contributed by atoms with van der Waals surface area (Å²) in [6.07, 6.45) is -1.16. The van der Waals surface area contributed by atoms with E-state index < -0.39 is 52.1 Å². The Morgan fingerprint density at radius 1 is 1.07 bits per heavy atom. The normalized spacial score (nSPS) is 22.8. The number of nitrogen functional groups attached to an aromatic ring is 1. The summed E-state index contributed by atoms with van der Waals surface area (Å²) in [5, 5.41) is 21.6. The lowest BCUT2D eigenvalue weighted by atomic mass is 10.0. The van der Waals surface area contributed by atoms with Gasteiger partial charge in [-0.2, -0.15) is 9.55 Å². The molecule has 45 heavy (non-hydrogen) atoms. The minimum absolute atomic E-state index is 0.0472. The molecule has 4 unspecified atom stereocenters. The van der Waals surface area contributed by atoms with Crippen LogP contribution in [0.5, 0.6) is 0 Å². The second-order valence-corrected chi connectivity index (χ2v) is 13.9. The lowest BCUT2D eigenvalue weighted by Gasteiger charge is -2.20. The number of aromatic amines is 1. The maximum atomic E-state index is 13.0. The van der Waals surface area contributed by atoms with Gasteiger partial charge in [0.2, 0.25) is 18.5 Å². The van der Waals surface area contributed by atoms with E-state index >= 15 is 0 Å². The lowest BCUT2D eigenvalue weighted by molar-refractivity contribution is -0.664. The van der Waals surface area contributed by atoms with E-state index in [2.05, 4.69) is 15.0 Å². The van der Waals surface area contributed by atoms with Gasteiger partial charge in [-0.15, -0.1) is 4.86 Å². The molecule has 5 aromatic rings. The van der Waals surface area contributed by atoms with Crippen molar-refractivity contribution in [2.45, 2.75) is 31.1 Å². The number of H-pyrrole nitrogens is 1. The number of rotatable bonds is 10. The highest BCUT2D eigenvalue weighted by atomic mass is 31.3. The first-order chi connectivity index (χ1) is 21.4. The molecule has 0 radical (unpaired) electrons. The summed E-state index contributed by atoms with van der Waals surface area (Å²) in [7, 11) is -9.52. The number of nitrogens with zero attached hydrogens (tertiary/aromatic N) is 5. The van der Waals surface area contributed by atoms with Gasteiger partial charge in [0.15, 0.2) is 0 Å². The summed E-state index contributed by atoms with van der Waals surface area (Å²) >= 11 is 0. The van der Waals surface area contributed by atoms with E-state index in [1.165, 1.54) is 17.1 Å². The van der Waals surface area contributed by atoms with Crippen LogP contribution in [-0.2, 0) is 24.9 Å². The van der Waals surface area contributed by atoms with Crippen molar-refractivity contribution < 1.29 is 43.0 Å². The SMILES string of the molecule is Nc1nc2c(c(=O)[nH]1)[n+](Cc1ccc(-c3ccccc3)cc1)cn2C1OC(COP(=O)(O)NP(=O)(O)n2ccnc2)[C@H](O)[C@@H]1O. The van der Waals surface area contributed by atoms with Gasteiger partial charge in [-0.05, 0) is 16.7 Å². The Morgan fingerprint density at radius 2 is 1.78 bits per heavy atom. The van der Waals surface area contributed by atoms with Crippen LogP contribution in [-0.4, -0.2) is 68.8 Å². The number of fused-ring (bicyclic) bond motifs is 1. The molecule has 6 rings (SSSR count). The molecule has 1 aliphatic rings. The third-order valence-electron chi connectivity index (χ3n) is 7.19. The molecule has 2 aromatic carbocycles. The van der Waals surface area contributed by atoms with Crippen LogP contribution in [0.1, 0.15) is 11.8 Å². The summed E-state index contributed by atoms with van der Waals surface area (Å²) < 4.78 is 39.3. The van der Waals surface area contributed by atoms with E-state index in [1.807, 2.05) is 54.6 Å². The molecule has 8 N–H and O–H groups in total. The first-order valence-corrected chi connectivity index (χ1v) is 16.6. The Morgan fingerprint density at radius 3 is 2.47 bits per heavy atom. The van der Waals surface area contributed by atoms with Gasteiger partial charge in [-0.25, -0.2) is 18.7 Å². The monoisotopic (exact) mass is 659 g/mol. The van der Waals surface area contributed by atoms with Crippen LogP contribution >= 0.6 is 15.4 Å². The number of hydrogen-bond donors (Lipinski definition) is 7. The molecule has 0 saturated carbocycles. The highest BCUT2D eigenvalue weighted by Gasteiger charge is 2.49. The van der Waals surface area contributed by atoms with Crippen LogP contribution in [0.15, 0.2) is 84.4 Å². The molecule has 4 heterocycles. The molecule has 0 aliphatic carbocycles. The summed E-state index contributed by atoms with van der Waals surface area (Å²) in [5.41, 5.74) is 8.33. The van der Waals surface area contributed by atoms with Crippen LogP contribution in [0.25, 0.3) is 22.3 Å². The molecule has 1 saturated heterocycles. The summed E-state index contributed by atoms with van der Waals surface area (Å²) in [4.78, 5) is 45.2. The minimum atomic E-state index is -4.93. The van der Waals surface area contributed by atoms with Crippen molar-refractivity contribution in [1.29, 1.82) is 0 Å². The molecule has 17 nitrogen and oxygen atoms in total. The van der Waals surface area contributed by atoms with E-state index in [0.717, 1.165) is 29.2 Å². The Kier molecular flexibility index (Phi) is 8.30. The molecule has 0 bridgehead atoms. The summed E-state index contributed by atoms with van der Waals surface area (Å²) in [6, 6.07) is 17.5. The van der Waals surface area contributed by atoms with Gasteiger partial charge in [0, 0.05) is 12.4 Å². The highest BCUT2D eigenvalue weighted by Crippen LogP contribution is 2.52. The number of benzene rings is 2. The van der Waals surface area contributed by atoms with Crippen molar-refractivity contribution >= 4 is 32.5 Å². The maximum Gasteiger partial charge on any atom is 0.412 e. The van der Waals surface area contributed by atoms with Crippen molar-refractivity contribution in [3.05, 3.63) is 95.6 Å². The molecule has 1 aliphatic heterocycles. The van der Waals surface area contributed by atoms with Crippen LogP contribution in [0.2, 0.25) is 0 Å². The van der Waals surface area contributed by atoms with E-state index in [9.17, 15) is 33.9 Å². The standard InChI is InChI=1S/C26H28N8O9P2/c27-26-29-23-20(24(37)30-26)32(12-16-6-8-18(9-7-16)17-4-2-1-3-5-17)15-34(23)25-22(36)21(35)19(43-25)13-42-45(40,41)31-44(38,39)33-11-10-28-14-33/h1-11,14-15,19,21-22,25,35-36H,12-13H2,(H5-,27,29,30,31,37,38,39,40,41)/p+1/t19?,21-,22-,25?/m0/s1. The smallest absolute Gasteiger partial charge is 0.387 e. The van der Waals surface area contributed by atoms with Crippen LogP contribution in [0, 0.1) is 0 Å². The largest absolute Gasteiger partial charge is 0.412 e. The van der Waals surface area contributed by atoms with E-state index in [4.69, 9.17) is 15.0 Å². The molecular formula is C26H29N8O9P2+. The number of ether oxygens (including phenoxy) is 1. The van der Waals surface area contributed by atoms with Crippen LogP contribution in [0.4, 0.5) is 5.95 Å². The topological polar surface area (TPSA) is 244 Å². The minimum Gasteiger partial charge on any atom is -0.387 e. The van der Waals surface area contributed by atoms with Crippen LogP contribution < -0.4 is 20.7 Å².